The van der Waals surface area contributed by atoms with Crippen molar-refractivity contribution < 1.29 is 4.39 Å². The van der Waals surface area contributed by atoms with E-state index in [1.807, 2.05) is 20.0 Å². The molecule has 2 aromatic heterocycles. The average molecular weight is 308 g/mol. The number of nitrogens with one attached hydrogen (secondary N) is 1. The Hall–Kier alpha value is -1.72. The number of nitrogens with zero attached hydrogens (tertiary/aromatic N) is 2. The molecule has 0 amide bonds. The van der Waals surface area contributed by atoms with Gasteiger partial charge in [0.05, 0.1) is 10.4 Å². The quantitative estimate of drug-likeness (QED) is 0.757. The van der Waals surface area contributed by atoms with E-state index in [2.05, 4.69) is 15.3 Å². The second-order valence-electron chi connectivity index (χ2n) is 4.35. The maximum Gasteiger partial charge on any atom is 0.164 e. The molecule has 1 N–H and O–H groups in total. The first-order chi connectivity index (χ1) is 9.58. The zero-order valence-corrected chi connectivity index (χ0v) is 12.4. The monoisotopic (exact) mass is 307 g/mol. The second kappa shape index (κ2) is 5.00. The Labute approximate surface area is 124 Å². The van der Waals surface area contributed by atoms with Gasteiger partial charge >= 0.3 is 0 Å². The third-order valence-corrected chi connectivity index (χ3v) is 4.18. The summed E-state index contributed by atoms with van der Waals surface area (Å²) in [7, 11) is 1.81. The number of aromatic nitrogens is 2. The molecule has 0 bridgehead atoms. The third kappa shape index (κ3) is 2.23. The summed E-state index contributed by atoms with van der Waals surface area (Å²) in [5.41, 5.74) is 0.623. The van der Waals surface area contributed by atoms with E-state index in [4.69, 9.17) is 11.6 Å². The first kappa shape index (κ1) is 13.3. The van der Waals surface area contributed by atoms with Crippen LogP contribution in [0.25, 0.3) is 21.6 Å². The minimum atomic E-state index is -0.374. The lowest BCUT2D eigenvalue weighted by Gasteiger charge is -2.07. The van der Waals surface area contributed by atoms with Gasteiger partial charge in [0.25, 0.3) is 0 Å². The van der Waals surface area contributed by atoms with Crippen molar-refractivity contribution in [3.8, 4) is 11.4 Å². The molecule has 0 radical (unpaired) electrons. The standard InChI is InChI=1S/C14H11ClFN3S/c1-7-5-10-12(17-2)18-13(19-14(10)20-7)9-4-3-8(16)6-11(9)15/h3-6H,1-2H3,(H,17,18,19). The van der Waals surface area contributed by atoms with E-state index in [-0.39, 0.29) is 5.82 Å². The van der Waals surface area contributed by atoms with E-state index in [1.54, 1.807) is 17.4 Å². The van der Waals surface area contributed by atoms with Crippen LogP contribution in [0.1, 0.15) is 4.88 Å². The molecule has 20 heavy (non-hydrogen) atoms. The highest BCUT2D eigenvalue weighted by Gasteiger charge is 2.13. The molecule has 3 rings (SSSR count). The van der Waals surface area contributed by atoms with Crippen molar-refractivity contribution in [2.75, 3.05) is 12.4 Å². The SMILES string of the molecule is CNc1nc(-c2ccc(F)cc2Cl)nc2sc(C)cc12. The Bertz CT molecular complexity index is 800. The Kier molecular flexibility index (Phi) is 3.31. The Morgan fingerprint density at radius 3 is 2.75 bits per heavy atom. The van der Waals surface area contributed by atoms with Crippen LogP contribution in [0, 0.1) is 12.7 Å². The summed E-state index contributed by atoms with van der Waals surface area (Å²) in [4.78, 5) is 11.0. The van der Waals surface area contributed by atoms with Crippen LogP contribution >= 0.6 is 22.9 Å². The van der Waals surface area contributed by atoms with Gasteiger partial charge in [-0.15, -0.1) is 11.3 Å². The van der Waals surface area contributed by atoms with Gasteiger partial charge < -0.3 is 5.32 Å². The third-order valence-electron chi connectivity index (χ3n) is 2.92. The van der Waals surface area contributed by atoms with Crippen molar-refractivity contribution in [1.82, 2.24) is 9.97 Å². The normalized spacial score (nSPS) is 11.0. The zero-order valence-electron chi connectivity index (χ0n) is 10.9. The molecule has 6 heteroatoms. The molecular formula is C14H11ClFN3S. The lowest BCUT2D eigenvalue weighted by atomic mass is 10.2. The van der Waals surface area contributed by atoms with Gasteiger partial charge in [0, 0.05) is 17.5 Å². The summed E-state index contributed by atoms with van der Waals surface area (Å²) in [6.45, 7) is 2.02. The number of fused-ring (bicyclic) bond motifs is 1. The van der Waals surface area contributed by atoms with Crippen molar-refractivity contribution in [1.29, 1.82) is 0 Å². The molecule has 0 saturated carbocycles. The van der Waals surface area contributed by atoms with Crippen LogP contribution in [-0.2, 0) is 0 Å². The van der Waals surface area contributed by atoms with Gasteiger partial charge in [0.2, 0.25) is 0 Å². The molecule has 3 aromatic rings. The first-order valence-corrected chi connectivity index (χ1v) is 7.19. The molecule has 102 valence electrons. The van der Waals surface area contributed by atoms with Gasteiger partial charge in [0.1, 0.15) is 16.5 Å². The minimum absolute atomic E-state index is 0.305. The van der Waals surface area contributed by atoms with Crippen molar-refractivity contribution in [2.24, 2.45) is 0 Å². The molecule has 3 nitrogen and oxygen atoms in total. The molecule has 0 aliphatic rings. The summed E-state index contributed by atoms with van der Waals surface area (Å²) in [6.07, 6.45) is 0. The number of rotatable bonds is 2. The van der Waals surface area contributed by atoms with Crippen molar-refractivity contribution in [3.63, 3.8) is 0 Å². The number of thiophene rings is 1. The van der Waals surface area contributed by atoms with E-state index < -0.39 is 0 Å². The van der Waals surface area contributed by atoms with E-state index in [1.165, 1.54) is 12.1 Å². The topological polar surface area (TPSA) is 37.8 Å². The van der Waals surface area contributed by atoms with Crippen LogP contribution in [0.4, 0.5) is 10.2 Å². The van der Waals surface area contributed by atoms with Gasteiger partial charge in [-0.3, -0.25) is 0 Å². The summed E-state index contributed by atoms with van der Waals surface area (Å²) < 4.78 is 13.1. The largest absolute Gasteiger partial charge is 0.372 e. The van der Waals surface area contributed by atoms with Crippen molar-refractivity contribution in [3.05, 3.63) is 40.0 Å². The number of halogens is 2. The maximum absolute atomic E-state index is 13.1. The molecule has 0 fully saturated rings. The molecular weight excluding hydrogens is 297 g/mol. The minimum Gasteiger partial charge on any atom is -0.372 e. The van der Waals surface area contributed by atoms with Crippen LogP contribution < -0.4 is 5.32 Å². The van der Waals surface area contributed by atoms with Crippen LogP contribution in [0.5, 0.6) is 0 Å². The number of anilines is 1. The van der Waals surface area contributed by atoms with Gasteiger partial charge in [-0.1, -0.05) is 11.6 Å². The Balaban J connectivity index is 2.25. The van der Waals surface area contributed by atoms with E-state index in [0.29, 0.717) is 16.4 Å². The van der Waals surface area contributed by atoms with Crippen molar-refractivity contribution in [2.45, 2.75) is 6.92 Å². The first-order valence-electron chi connectivity index (χ1n) is 6.00. The fourth-order valence-electron chi connectivity index (χ4n) is 2.02. The van der Waals surface area contributed by atoms with Gasteiger partial charge in [-0.25, -0.2) is 14.4 Å². The summed E-state index contributed by atoms with van der Waals surface area (Å²) in [6, 6.07) is 6.26. The zero-order chi connectivity index (χ0) is 14.3. The van der Waals surface area contributed by atoms with Gasteiger partial charge in [-0.05, 0) is 31.2 Å². The number of hydrogen-bond acceptors (Lipinski definition) is 4. The smallest absolute Gasteiger partial charge is 0.164 e. The summed E-state index contributed by atoms with van der Waals surface area (Å²) in [5, 5.41) is 4.35. The fourth-order valence-corrected chi connectivity index (χ4v) is 3.15. The maximum atomic E-state index is 13.1. The second-order valence-corrected chi connectivity index (χ2v) is 5.99. The molecule has 0 atom stereocenters. The van der Waals surface area contributed by atoms with Crippen LogP contribution in [0.15, 0.2) is 24.3 Å². The van der Waals surface area contributed by atoms with E-state index >= 15 is 0 Å². The predicted octanol–water partition coefficient (Wildman–Crippen LogP) is 4.50. The predicted molar refractivity (Wildman–Crippen MR) is 82.1 cm³/mol. The molecule has 2 heterocycles. The lowest BCUT2D eigenvalue weighted by molar-refractivity contribution is 0.628. The summed E-state index contributed by atoms with van der Waals surface area (Å²) >= 11 is 7.67. The van der Waals surface area contributed by atoms with Crippen LogP contribution in [0.3, 0.4) is 0 Å². The number of benzene rings is 1. The van der Waals surface area contributed by atoms with Crippen molar-refractivity contribution >= 4 is 39.0 Å². The van der Waals surface area contributed by atoms with Gasteiger partial charge in [0.15, 0.2) is 5.82 Å². The molecule has 0 aliphatic carbocycles. The average Bonchev–Trinajstić information content (AvgIpc) is 2.77. The Morgan fingerprint density at radius 1 is 1.25 bits per heavy atom. The van der Waals surface area contributed by atoms with E-state index in [0.717, 1.165) is 20.9 Å². The molecule has 0 saturated heterocycles. The lowest BCUT2D eigenvalue weighted by Crippen LogP contribution is -1.97. The molecule has 0 aliphatic heterocycles. The summed E-state index contributed by atoms with van der Waals surface area (Å²) in [5.74, 6) is 0.865. The molecule has 0 spiro atoms. The Morgan fingerprint density at radius 2 is 2.05 bits per heavy atom. The number of aryl methyl sites for hydroxylation is 1. The van der Waals surface area contributed by atoms with Crippen LogP contribution in [-0.4, -0.2) is 17.0 Å². The van der Waals surface area contributed by atoms with Gasteiger partial charge in [-0.2, -0.15) is 0 Å². The fraction of sp³-hybridized carbons (Fsp3) is 0.143. The van der Waals surface area contributed by atoms with E-state index in [9.17, 15) is 4.39 Å². The molecule has 1 aromatic carbocycles. The van der Waals surface area contributed by atoms with Crippen LogP contribution in [0.2, 0.25) is 5.02 Å². The highest BCUT2D eigenvalue weighted by Crippen LogP contribution is 2.33. The number of hydrogen-bond donors (Lipinski definition) is 1. The highest BCUT2D eigenvalue weighted by atomic mass is 35.5. The highest BCUT2D eigenvalue weighted by molar-refractivity contribution is 7.18. The molecule has 0 unspecified atom stereocenters.